The standard InChI is InChI=1S/C15H19N3O2/c1-18(2)10-6-9-16-15(19)13-14(20-11-17-13)12-7-4-3-5-8-12/h3-5,7-8,11H,6,9-10H2,1-2H3,(H,16,19). The molecule has 5 heteroatoms. The van der Waals surface area contributed by atoms with Gasteiger partial charge in [-0.1, -0.05) is 30.3 Å². The number of rotatable bonds is 6. The minimum atomic E-state index is -0.198. The summed E-state index contributed by atoms with van der Waals surface area (Å²) in [5, 5.41) is 2.86. The van der Waals surface area contributed by atoms with E-state index in [1.165, 1.54) is 6.39 Å². The Morgan fingerprint density at radius 1 is 1.30 bits per heavy atom. The van der Waals surface area contributed by atoms with Crippen molar-refractivity contribution in [2.24, 2.45) is 0 Å². The molecule has 5 nitrogen and oxygen atoms in total. The molecule has 1 N–H and O–H groups in total. The highest BCUT2D eigenvalue weighted by Gasteiger charge is 2.17. The minimum absolute atomic E-state index is 0.198. The third-order valence-electron chi connectivity index (χ3n) is 2.89. The molecule has 2 aromatic rings. The molecule has 0 fully saturated rings. The first-order valence-electron chi connectivity index (χ1n) is 6.60. The Bertz CT molecular complexity index is 549. The molecule has 0 atom stereocenters. The molecule has 1 aromatic heterocycles. The molecule has 0 spiro atoms. The summed E-state index contributed by atoms with van der Waals surface area (Å²) >= 11 is 0. The van der Waals surface area contributed by atoms with Gasteiger partial charge >= 0.3 is 0 Å². The second-order valence-electron chi connectivity index (χ2n) is 4.81. The fourth-order valence-electron chi connectivity index (χ4n) is 1.88. The van der Waals surface area contributed by atoms with Crippen LogP contribution in [0.4, 0.5) is 0 Å². The maximum absolute atomic E-state index is 12.1. The summed E-state index contributed by atoms with van der Waals surface area (Å²) < 4.78 is 5.34. The first-order chi connectivity index (χ1) is 9.68. The molecule has 0 aliphatic carbocycles. The average Bonchev–Trinajstić information content (AvgIpc) is 2.93. The summed E-state index contributed by atoms with van der Waals surface area (Å²) in [6.07, 6.45) is 2.20. The van der Waals surface area contributed by atoms with Crippen LogP contribution in [0, 0.1) is 0 Å². The molecule has 0 aliphatic rings. The largest absolute Gasteiger partial charge is 0.443 e. The first kappa shape index (κ1) is 14.3. The fraction of sp³-hybridized carbons (Fsp3) is 0.333. The van der Waals surface area contributed by atoms with E-state index >= 15 is 0 Å². The number of nitrogens with one attached hydrogen (secondary N) is 1. The van der Waals surface area contributed by atoms with E-state index in [1.54, 1.807) is 0 Å². The van der Waals surface area contributed by atoms with Gasteiger partial charge in [-0.05, 0) is 27.1 Å². The number of carbonyl (C=O) groups is 1. The zero-order valence-electron chi connectivity index (χ0n) is 11.8. The van der Waals surface area contributed by atoms with Crippen LogP contribution in [-0.2, 0) is 0 Å². The van der Waals surface area contributed by atoms with Crippen molar-refractivity contribution in [2.75, 3.05) is 27.2 Å². The zero-order chi connectivity index (χ0) is 14.4. The highest BCUT2D eigenvalue weighted by Crippen LogP contribution is 2.22. The van der Waals surface area contributed by atoms with Gasteiger partial charge in [0.2, 0.25) is 0 Å². The number of hydrogen-bond donors (Lipinski definition) is 1. The van der Waals surface area contributed by atoms with Crippen LogP contribution in [0.25, 0.3) is 11.3 Å². The zero-order valence-corrected chi connectivity index (χ0v) is 11.8. The minimum Gasteiger partial charge on any atom is -0.443 e. The molecule has 0 saturated heterocycles. The van der Waals surface area contributed by atoms with Crippen molar-refractivity contribution in [3.8, 4) is 11.3 Å². The van der Waals surface area contributed by atoms with Crippen molar-refractivity contribution in [1.29, 1.82) is 0 Å². The molecule has 0 bridgehead atoms. The van der Waals surface area contributed by atoms with Crippen LogP contribution in [0.5, 0.6) is 0 Å². The number of hydrogen-bond acceptors (Lipinski definition) is 4. The summed E-state index contributed by atoms with van der Waals surface area (Å²) in [7, 11) is 4.01. The van der Waals surface area contributed by atoms with Gasteiger partial charge in [-0.25, -0.2) is 4.98 Å². The fourth-order valence-corrected chi connectivity index (χ4v) is 1.88. The first-order valence-corrected chi connectivity index (χ1v) is 6.60. The lowest BCUT2D eigenvalue weighted by Crippen LogP contribution is -2.27. The summed E-state index contributed by atoms with van der Waals surface area (Å²) in [5.41, 5.74) is 1.18. The van der Waals surface area contributed by atoms with Crippen molar-refractivity contribution in [1.82, 2.24) is 15.2 Å². The van der Waals surface area contributed by atoms with Gasteiger partial charge in [0.05, 0.1) is 0 Å². The Hall–Kier alpha value is -2.14. The van der Waals surface area contributed by atoms with E-state index in [4.69, 9.17) is 4.42 Å². The second-order valence-corrected chi connectivity index (χ2v) is 4.81. The lowest BCUT2D eigenvalue weighted by Gasteiger charge is -2.09. The third-order valence-corrected chi connectivity index (χ3v) is 2.89. The predicted molar refractivity (Wildman–Crippen MR) is 77.4 cm³/mol. The van der Waals surface area contributed by atoms with Crippen LogP contribution < -0.4 is 5.32 Å². The van der Waals surface area contributed by atoms with Crippen LogP contribution in [0.1, 0.15) is 16.9 Å². The molecule has 1 amide bonds. The highest BCUT2D eigenvalue weighted by atomic mass is 16.3. The smallest absolute Gasteiger partial charge is 0.273 e. The van der Waals surface area contributed by atoms with E-state index in [9.17, 15) is 4.79 Å². The monoisotopic (exact) mass is 273 g/mol. The van der Waals surface area contributed by atoms with Crippen molar-refractivity contribution in [3.63, 3.8) is 0 Å². The lowest BCUT2D eigenvalue weighted by molar-refractivity contribution is 0.0948. The van der Waals surface area contributed by atoms with Crippen LogP contribution in [0.15, 0.2) is 41.1 Å². The van der Waals surface area contributed by atoms with E-state index in [-0.39, 0.29) is 5.91 Å². The van der Waals surface area contributed by atoms with Crippen LogP contribution in [0.3, 0.4) is 0 Å². The molecule has 1 heterocycles. The van der Waals surface area contributed by atoms with E-state index < -0.39 is 0 Å². The summed E-state index contributed by atoms with van der Waals surface area (Å²) in [6, 6.07) is 9.50. The molecule has 20 heavy (non-hydrogen) atoms. The van der Waals surface area contributed by atoms with Gasteiger partial charge in [0.25, 0.3) is 5.91 Å². The molecule has 1 aromatic carbocycles. The highest BCUT2D eigenvalue weighted by molar-refractivity contribution is 5.97. The second kappa shape index (κ2) is 6.86. The van der Waals surface area contributed by atoms with E-state index in [0.29, 0.717) is 18.0 Å². The summed E-state index contributed by atoms with van der Waals surface area (Å²) in [6.45, 7) is 1.56. The molecule has 2 rings (SSSR count). The van der Waals surface area contributed by atoms with E-state index in [0.717, 1.165) is 18.5 Å². The van der Waals surface area contributed by atoms with E-state index in [2.05, 4.69) is 15.2 Å². The maximum Gasteiger partial charge on any atom is 0.273 e. The summed E-state index contributed by atoms with van der Waals surface area (Å²) in [4.78, 5) is 18.2. The van der Waals surface area contributed by atoms with Gasteiger partial charge in [-0.3, -0.25) is 4.79 Å². The summed E-state index contributed by atoms with van der Waals surface area (Å²) in [5.74, 6) is 0.312. The van der Waals surface area contributed by atoms with Gasteiger partial charge in [0, 0.05) is 12.1 Å². The molecule has 106 valence electrons. The van der Waals surface area contributed by atoms with Gasteiger partial charge in [-0.2, -0.15) is 0 Å². The van der Waals surface area contributed by atoms with E-state index in [1.807, 2.05) is 44.4 Å². The Labute approximate surface area is 118 Å². The average molecular weight is 273 g/mol. The molecular weight excluding hydrogens is 254 g/mol. The third kappa shape index (κ3) is 3.68. The van der Waals surface area contributed by atoms with Gasteiger partial charge in [0.1, 0.15) is 0 Å². The van der Waals surface area contributed by atoms with Gasteiger partial charge < -0.3 is 14.6 Å². The Morgan fingerprint density at radius 3 is 2.75 bits per heavy atom. The molecule has 0 radical (unpaired) electrons. The van der Waals surface area contributed by atoms with Crippen molar-refractivity contribution >= 4 is 5.91 Å². The Kier molecular flexibility index (Phi) is 4.90. The molecule has 0 saturated carbocycles. The van der Waals surface area contributed by atoms with Crippen molar-refractivity contribution in [2.45, 2.75) is 6.42 Å². The molecule has 0 aliphatic heterocycles. The van der Waals surface area contributed by atoms with Crippen LogP contribution >= 0.6 is 0 Å². The number of amides is 1. The number of benzene rings is 1. The quantitative estimate of drug-likeness (QED) is 0.818. The predicted octanol–water partition coefficient (Wildman–Crippen LogP) is 2.02. The van der Waals surface area contributed by atoms with Crippen molar-refractivity contribution < 1.29 is 9.21 Å². The molecular formula is C15H19N3O2. The molecule has 0 unspecified atom stereocenters. The topological polar surface area (TPSA) is 58.4 Å². The van der Waals surface area contributed by atoms with Crippen molar-refractivity contribution in [3.05, 3.63) is 42.4 Å². The number of oxazole rings is 1. The maximum atomic E-state index is 12.1. The lowest BCUT2D eigenvalue weighted by atomic mass is 10.1. The Morgan fingerprint density at radius 2 is 2.05 bits per heavy atom. The normalized spacial score (nSPS) is 10.8. The Balaban J connectivity index is 1.99. The van der Waals surface area contributed by atoms with Crippen LogP contribution in [-0.4, -0.2) is 43.0 Å². The van der Waals surface area contributed by atoms with Crippen LogP contribution in [0.2, 0.25) is 0 Å². The number of nitrogens with zero attached hydrogens (tertiary/aromatic N) is 2. The SMILES string of the molecule is CN(C)CCCNC(=O)c1ncoc1-c1ccccc1. The van der Waals surface area contributed by atoms with Gasteiger partial charge in [-0.15, -0.1) is 0 Å². The number of carbonyl (C=O) groups excluding carboxylic acids is 1. The number of aromatic nitrogens is 1. The van der Waals surface area contributed by atoms with Gasteiger partial charge in [0.15, 0.2) is 17.8 Å².